The third-order valence-electron chi connectivity index (χ3n) is 5.80. The minimum absolute atomic E-state index is 0.208. The normalized spacial score (nSPS) is 12.1. The van der Waals surface area contributed by atoms with Crippen molar-refractivity contribution >= 4 is 40.6 Å². The molecule has 3 aromatic heterocycles. The van der Waals surface area contributed by atoms with Crippen molar-refractivity contribution in [1.82, 2.24) is 20.1 Å². The van der Waals surface area contributed by atoms with Crippen molar-refractivity contribution in [2.24, 2.45) is 0 Å². The quantitative estimate of drug-likeness (QED) is 0.295. The van der Waals surface area contributed by atoms with Gasteiger partial charge in [0.05, 0.1) is 18.7 Å². The molecular formula is C27H34N4O4S2. The molecule has 3 heterocycles. The zero-order valence-electron chi connectivity index (χ0n) is 21.4. The lowest BCUT2D eigenvalue weighted by Crippen LogP contribution is -2.57. The molecule has 0 aliphatic rings. The van der Waals surface area contributed by atoms with Crippen LogP contribution in [-0.4, -0.2) is 55.9 Å². The molecule has 0 aliphatic heterocycles. The Bertz CT molecular complexity index is 1090. The third-order valence-corrected chi connectivity index (χ3v) is 7.53. The van der Waals surface area contributed by atoms with Crippen LogP contribution in [0.15, 0.2) is 59.6 Å². The van der Waals surface area contributed by atoms with E-state index in [2.05, 4.69) is 10.3 Å². The molecule has 8 nitrogen and oxygen atoms in total. The van der Waals surface area contributed by atoms with Crippen molar-refractivity contribution in [3.63, 3.8) is 0 Å². The average molecular weight is 543 g/mol. The van der Waals surface area contributed by atoms with Crippen molar-refractivity contribution in [3.05, 3.63) is 74.9 Å². The lowest BCUT2D eigenvalue weighted by atomic mass is 9.98. The molecule has 3 rings (SSSR count). The monoisotopic (exact) mass is 542 g/mol. The van der Waals surface area contributed by atoms with Gasteiger partial charge in [0.1, 0.15) is 6.04 Å². The molecule has 3 aromatic rings. The fourth-order valence-electron chi connectivity index (χ4n) is 4.12. The third kappa shape index (κ3) is 8.40. The molecule has 1 unspecified atom stereocenters. The number of rotatable bonds is 12. The lowest BCUT2D eigenvalue weighted by Gasteiger charge is -2.40. The molecule has 0 aromatic carbocycles. The van der Waals surface area contributed by atoms with E-state index in [4.69, 9.17) is 0 Å². The summed E-state index contributed by atoms with van der Waals surface area (Å²) in [5.41, 5.74) is -0.281. The molecule has 37 heavy (non-hydrogen) atoms. The number of amides is 3. The first-order valence-electron chi connectivity index (χ1n) is 12.2. The first-order chi connectivity index (χ1) is 17.7. The SMILES string of the molecule is CC(C)(C)N(C(=O)O)C(CCCCNC(=O)c1cccnc1)C(=O)N(Cc1cccs1)Cc1cccs1. The Balaban J connectivity index is 1.73. The Labute approximate surface area is 226 Å². The zero-order valence-corrected chi connectivity index (χ0v) is 23.1. The van der Waals surface area contributed by atoms with Gasteiger partial charge in [-0.3, -0.25) is 19.5 Å². The molecule has 2 N–H and O–H groups in total. The predicted octanol–water partition coefficient (Wildman–Crippen LogP) is 5.48. The van der Waals surface area contributed by atoms with Crippen molar-refractivity contribution in [2.75, 3.05) is 6.54 Å². The smallest absolute Gasteiger partial charge is 0.408 e. The van der Waals surface area contributed by atoms with Crippen LogP contribution in [0.3, 0.4) is 0 Å². The van der Waals surface area contributed by atoms with Gasteiger partial charge >= 0.3 is 6.09 Å². The Morgan fingerprint density at radius 3 is 2.14 bits per heavy atom. The van der Waals surface area contributed by atoms with E-state index in [0.29, 0.717) is 44.5 Å². The van der Waals surface area contributed by atoms with Gasteiger partial charge < -0.3 is 15.3 Å². The zero-order chi connectivity index (χ0) is 26.8. The number of nitrogens with one attached hydrogen (secondary N) is 1. The summed E-state index contributed by atoms with van der Waals surface area (Å²) in [6, 6.07) is 10.4. The van der Waals surface area contributed by atoms with Crippen molar-refractivity contribution in [3.8, 4) is 0 Å². The van der Waals surface area contributed by atoms with Gasteiger partial charge in [0.25, 0.3) is 5.91 Å². The van der Waals surface area contributed by atoms with E-state index in [1.165, 1.54) is 11.1 Å². The molecule has 1 atom stereocenters. The highest BCUT2D eigenvalue weighted by molar-refractivity contribution is 7.10. The molecule has 0 saturated carbocycles. The van der Waals surface area contributed by atoms with Crippen LogP contribution >= 0.6 is 22.7 Å². The van der Waals surface area contributed by atoms with Gasteiger partial charge in [0.15, 0.2) is 0 Å². The fraction of sp³-hybridized carbons (Fsp3) is 0.407. The van der Waals surface area contributed by atoms with E-state index in [1.807, 2.05) is 35.0 Å². The number of thiophene rings is 2. The summed E-state index contributed by atoms with van der Waals surface area (Å²) < 4.78 is 0. The van der Waals surface area contributed by atoms with Gasteiger partial charge in [-0.1, -0.05) is 12.1 Å². The molecule has 10 heteroatoms. The van der Waals surface area contributed by atoms with Gasteiger partial charge in [0.2, 0.25) is 5.91 Å². The Hall–Kier alpha value is -3.24. The number of carboxylic acid groups (broad SMARTS) is 1. The van der Waals surface area contributed by atoms with Crippen molar-refractivity contribution in [1.29, 1.82) is 0 Å². The van der Waals surface area contributed by atoms with Gasteiger partial charge in [-0.2, -0.15) is 0 Å². The topological polar surface area (TPSA) is 103 Å². The maximum atomic E-state index is 14.0. The number of pyridine rings is 1. The van der Waals surface area contributed by atoms with E-state index in [9.17, 15) is 19.5 Å². The summed E-state index contributed by atoms with van der Waals surface area (Å²) in [5, 5.41) is 16.9. The van der Waals surface area contributed by atoms with Crippen LogP contribution in [0.1, 0.15) is 60.1 Å². The molecule has 3 amide bonds. The predicted molar refractivity (Wildman–Crippen MR) is 147 cm³/mol. The van der Waals surface area contributed by atoms with Crippen LogP contribution in [-0.2, 0) is 17.9 Å². The van der Waals surface area contributed by atoms with Crippen molar-refractivity contribution < 1.29 is 19.5 Å². The van der Waals surface area contributed by atoms with E-state index in [0.717, 1.165) is 9.75 Å². The van der Waals surface area contributed by atoms with Crippen LogP contribution in [0, 0.1) is 0 Å². The standard InChI is InChI=1S/C27H34N4O4S2/c1-27(2,3)31(26(34)35)23(12-4-5-14-29-24(32)20-9-6-13-28-17-20)25(33)30(18-21-10-7-15-36-21)19-22-11-8-16-37-22/h6-11,13,15-17,23H,4-5,12,14,18-19H2,1-3H3,(H,29,32)(H,34,35). The lowest BCUT2D eigenvalue weighted by molar-refractivity contribution is -0.139. The maximum absolute atomic E-state index is 14.0. The highest BCUT2D eigenvalue weighted by Crippen LogP contribution is 2.25. The number of unbranched alkanes of at least 4 members (excludes halogenated alkanes) is 1. The number of hydrogen-bond donors (Lipinski definition) is 2. The highest BCUT2D eigenvalue weighted by Gasteiger charge is 2.39. The molecule has 0 saturated heterocycles. The van der Waals surface area contributed by atoms with Crippen LogP contribution < -0.4 is 5.32 Å². The number of carbonyl (C=O) groups is 3. The van der Waals surface area contributed by atoms with Gasteiger partial charge in [-0.05, 0) is 75.1 Å². The van der Waals surface area contributed by atoms with E-state index in [1.54, 1.807) is 66.7 Å². The Morgan fingerprint density at radius 1 is 1.00 bits per heavy atom. The van der Waals surface area contributed by atoms with Crippen molar-refractivity contribution in [2.45, 2.75) is 64.7 Å². The Kier molecular flexibility index (Phi) is 10.2. The van der Waals surface area contributed by atoms with Crippen LogP contribution in [0.5, 0.6) is 0 Å². The number of carbonyl (C=O) groups excluding carboxylic acids is 2. The van der Waals surface area contributed by atoms with Crippen LogP contribution in [0.4, 0.5) is 4.79 Å². The molecule has 0 bridgehead atoms. The van der Waals surface area contributed by atoms with Gasteiger partial charge in [0, 0.05) is 34.2 Å². The molecule has 0 spiro atoms. The fourth-order valence-corrected chi connectivity index (χ4v) is 5.56. The summed E-state index contributed by atoms with van der Waals surface area (Å²) in [4.78, 5) is 47.7. The second-order valence-corrected chi connectivity index (χ2v) is 11.8. The summed E-state index contributed by atoms with van der Waals surface area (Å²) in [6.45, 7) is 6.67. The van der Waals surface area contributed by atoms with E-state index in [-0.39, 0.29) is 11.8 Å². The van der Waals surface area contributed by atoms with Crippen LogP contribution in [0.2, 0.25) is 0 Å². The summed E-state index contributed by atoms with van der Waals surface area (Å²) >= 11 is 3.15. The minimum atomic E-state index is -1.12. The molecule has 198 valence electrons. The summed E-state index contributed by atoms with van der Waals surface area (Å²) in [6.07, 6.45) is 3.55. The minimum Gasteiger partial charge on any atom is -0.465 e. The van der Waals surface area contributed by atoms with Gasteiger partial charge in [-0.25, -0.2) is 4.79 Å². The Morgan fingerprint density at radius 2 is 1.65 bits per heavy atom. The summed E-state index contributed by atoms with van der Waals surface area (Å²) in [5.74, 6) is -0.417. The van der Waals surface area contributed by atoms with Crippen LogP contribution in [0.25, 0.3) is 0 Å². The first-order valence-corrected chi connectivity index (χ1v) is 14.0. The number of aromatic nitrogens is 1. The second kappa shape index (κ2) is 13.3. The largest absolute Gasteiger partial charge is 0.465 e. The van der Waals surface area contributed by atoms with E-state index < -0.39 is 17.7 Å². The number of nitrogens with zero attached hydrogens (tertiary/aromatic N) is 3. The van der Waals surface area contributed by atoms with E-state index >= 15 is 0 Å². The molecule has 0 aliphatic carbocycles. The molecule has 0 fully saturated rings. The second-order valence-electron chi connectivity index (χ2n) is 9.69. The number of hydrogen-bond acceptors (Lipinski definition) is 6. The summed E-state index contributed by atoms with van der Waals surface area (Å²) in [7, 11) is 0. The maximum Gasteiger partial charge on any atom is 0.408 e. The average Bonchev–Trinajstić information content (AvgIpc) is 3.56. The first kappa shape index (κ1) is 28.3. The van der Waals surface area contributed by atoms with Gasteiger partial charge in [-0.15, -0.1) is 22.7 Å². The highest BCUT2D eigenvalue weighted by atomic mass is 32.1. The molecular weight excluding hydrogens is 508 g/mol. The molecule has 0 radical (unpaired) electrons.